The molecule has 0 radical (unpaired) electrons. The Morgan fingerprint density at radius 3 is 2.43 bits per heavy atom. The number of nitrogens with zero attached hydrogens (tertiary/aromatic N) is 1. The van der Waals surface area contributed by atoms with Crippen LogP contribution >= 0.6 is 32.4 Å². The molecule has 0 fully saturated rings. The number of rotatable bonds is 16. The maximum absolute atomic E-state index is 15.2. The maximum atomic E-state index is 15.2. The van der Waals surface area contributed by atoms with Gasteiger partial charge in [0.25, 0.3) is 0 Å². The molecule has 0 saturated carbocycles. The van der Waals surface area contributed by atoms with E-state index in [0.29, 0.717) is 34.7 Å². The van der Waals surface area contributed by atoms with Gasteiger partial charge in [-0.1, -0.05) is 72.3 Å². The second-order valence-electron chi connectivity index (χ2n) is 13.0. The average Bonchev–Trinajstić information content (AvgIpc) is 3.06. The van der Waals surface area contributed by atoms with E-state index in [4.69, 9.17) is 25.4 Å². The monoisotopic (exact) mass is 737 g/mol. The predicted octanol–water partition coefficient (Wildman–Crippen LogP) is 11.8. The lowest BCUT2D eigenvalue weighted by Gasteiger charge is -2.34. The van der Waals surface area contributed by atoms with Crippen LogP contribution in [0.5, 0.6) is 5.75 Å². The normalized spacial score (nSPS) is 15.2. The van der Waals surface area contributed by atoms with Crippen molar-refractivity contribution in [1.82, 2.24) is 4.90 Å². The van der Waals surface area contributed by atoms with Crippen LogP contribution in [0.15, 0.2) is 89.4 Å². The minimum absolute atomic E-state index is 0.00639. The molecule has 3 aromatic carbocycles. The van der Waals surface area contributed by atoms with Crippen LogP contribution in [0.3, 0.4) is 0 Å². The number of hydrogen-bond acceptors (Lipinski definition) is 5. The average molecular weight is 738 g/mol. The Bertz CT molecular complexity index is 1580. The molecule has 0 spiro atoms. The molecule has 266 valence electrons. The van der Waals surface area contributed by atoms with Crippen molar-refractivity contribution in [1.29, 1.82) is 0 Å². The molecule has 1 aliphatic rings. The van der Waals surface area contributed by atoms with E-state index in [1.807, 2.05) is 52.1 Å². The molecule has 49 heavy (non-hydrogen) atoms. The maximum Gasteiger partial charge on any atom is 0.417 e. The second kappa shape index (κ2) is 18.2. The van der Waals surface area contributed by atoms with Gasteiger partial charge in [0, 0.05) is 41.6 Å². The molecule has 0 N–H and O–H groups in total. The standard InChI is InChI=1S/C38H45ClF4NO3PS/c1-26(19-20-45-30-21-34(40)32(35(22-30)49-5)25-46-48-47-37(2,3)4)44(23-29-17-12-18-33(36(29)39)38(41,42)43)24-31(27-13-8-6-9-14-27)28-15-10-7-11-16-28/h6,8-10,12-18,21-22,26,31,48H,7,11,19-20,23-25H2,1-5H3/t26-,31?/m1/s1. The van der Waals surface area contributed by atoms with E-state index in [1.54, 1.807) is 12.1 Å². The highest BCUT2D eigenvalue weighted by atomic mass is 35.5. The van der Waals surface area contributed by atoms with Crippen LogP contribution in [0, 0.1) is 5.82 Å². The molecule has 4 nitrogen and oxygen atoms in total. The molecule has 11 heteroatoms. The van der Waals surface area contributed by atoms with Gasteiger partial charge in [-0.05, 0) is 82.0 Å². The van der Waals surface area contributed by atoms with E-state index in [1.165, 1.54) is 29.5 Å². The lowest BCUT2D eigenvalue weighted by Crippen LogP contribution is -2.37. The van der Waals surface area contributed by atoms with Crippen molar-refractivity contribution in [2.24, 2.45) is 0 Å². The largest absolute Gasteiger partial charge is 0.493 e. The summed E-state index contributed by atoms with van der Waals surface area (Å²) in [5, 5.41) is -0.286. The zero-order chi connectivity index (χ0) is 35.6. The van der Waals surface area contributed by atoms with Gasteiger partial charge < -0.3 is 13.8 Å². The third kappa shape index (κ3) is 11.8. The molecule has 0 aromatic heterocycles. The first-order valence-electron chi connectivity index (χ1n) is 16.3. The minimum Gasteiger partial charge on any atom is -0.493 e. The Balaban J connectivity index is 1.53. The van der Waals surface area contributed by atoms with Gasteiger partial charge in [-0.3, -0.25) is 4.90 Å². The molecule has 0 heterocycles. The van der Waals surface area contributed by atoms with Gasteiger partial charge in [-0.25, -0.2) is 4.39 Å². The van der Waals surface area contributed by atoms with Crippen LogP contribution in [0.25, 0.3) is 0 Å². The molecule has 1 aliphatic carbocycles. The fourth-order valence-electron chi connectivity index (χ4n) is 5.53. The van der Waals surface area contributed by atoms with Crippen LogP contribution < -0.4 is 4.74 Å². The van der Waals surface area contributed by atoms with Gasteiger partial charge in [0.05, 0.1) is 29.4 Å². The summed E-state index contributed by atoms with van der Waals surface area (Å²) in [6, 6.07) is 17.3. The van der Waals surface area contributed by atoms with Crippen molar-refractivity contribution < 1.29 is 31.3 Å². The molecule has 0 aliphatic heterocycles. The first-order valence-corrected chi connectivity index (χ1v) is 18.7. The van der Waals surface area contributed by atoms with Gasteiger partial charge >= 0.3 is 6.18 Å². The summed E-state index contributed by atoms with van der Waals surface area (Å²) in [6.45, 7) is 8.93. The van der Waals surface area contributed by atoms with Crippen molar-refractivity contribution in [2.75, 3.05) is 19.4 Å². The zero-order valence-corrected chi connectivity index (χ0v) is 31.2. The Hall–Kier alpha value is -2.39. The number of alkyl halides is 3. The molecular weight excluding hydrogens is 693 g/mol. The number of allylic oxidation sites excluding steroid dienone is 3. The van der Waals surface area contributed by atoms with E-state index in [0.717, 1.165) is 24.5 Å². The Labute approximate surface area is 299 Å². The van der Waals surface area contributed by atoms with Crippen LogP contribution in [0.1, 0.15) is 75.1 Å². The molecule has 3 atom stereocenters. The molecule has 0 amide bonds. The summed E-state index contributed by atoms with van der Waals surface area (Å²) < 4.78 is 73.9. The minimum atomic E-state index is -4.56. The first kappa shape index (κ1) is 39.4. The fourth-order valence-corrected chi connectivity index (χ4v) is 6.98. The third-order valence-electron chi connectivity index (χ3n) is 8.20. The smallest absolute Gasteiger partial charge is 0.417 e. The highest BCUT2D eigenvalue weighted by Gasteiger charge is 2.34. The fraction of sp³-hybridized carbons (Fsp3) is 0.421. The van der Waals surface area contributed by atoms with Crippen LogP contribution in [0.4, 0.5) is 17.6 Å². The Kier molecular flexibility index (Phi) is 14.6. The quantitative estimate of drug-likeness (QED) is 0.0632. The molecular formula is C38H45ClF4NO3PS. The second-order valence-corrected chi connectivity index (χ2v) is 14.9. The van der Waals surface area contributed by atoms with Crippen LogP contribution in [-0.4, -0.2) is 36.0 Å². The van der Waals surface area contributed by atoms with E-state index >= 15 is 4.39 Å². The van der Waals surface area contributed by atoms with Crippen molar-refractivity contribution in [3.8, 4) is 5.75 Å². The Morgan fingerprint density at radius 1 is 1.02 bits per heavy atom. The number of benzene rings is 3. The topological polar surface area (TPSA) is 30.9 Å². The predicted molar refractivity (Wildman–Crippen MR) is 194 cm³/mol. The highest BCUT2D eigenvalue weighted by Crippen LogP contribution is 2.38. The first-order chi connectivity index (χ1) is 23.3. The van der Waals surface area contributed by atoms with Gasteiger partial charge in [-0.15, -0.1) is 11.8 Å². The zero-order valence-electron chi connectivity index (χ0n) is 28.6. The molecule has 0 bridgehead atoms. The number of hydrogen-bond donors (Lipinski definition) is 0. The van der Waals surface area contributed by atoms with Crippen molar-refractivity contribution in [3.63, 3.8) is 0 Å². The summed E-state index contributed by atoms with van der Waals surface area (Å²) in [7, 11) is -0.214. The molecule has 3 aromatic rings. The number of ether oxygens (including phenoxy) is 1. The SMILES string of the molecule is CSc1cc(OCC[C@@H](C)N(Cc2cccc(C(F)(F)F)c2Cl)CC(C2=CCCC=C2)c2ccccc2)cc(F)c1COPOC(C)(C)C. The summed E-state index contributed by atoms with van der Waals surface area (Å²) in [4.78, 5) is 2.88. The van der Waals surface area contributed by atoms with E-state index in [2.05, 4.69) is 35.3 Å². The van der Waals surface area contributed by atoms with Crippen molar-refractivity contribution in [3.05, 3.63) is 118 Å². The van der Waals surface area contributed by atoms with Crippen molar-refractivity contribution in [2.45, 2.75) is 88.7 Å². The van der Waals surface area contributed by atoms with E-state index < -0.39 is 17.6 Å². The molecule has 2 unspecified atom stereocenters. The summed E-state index contributed by atoms with van der Waals surface area (Å²) in [5.74, 6) is -0.0257. The summed E-state index contributed by atoms with van der Waals surface area (Å²) in [5.41, 5.74) is 1.95. The van der Waals surface area contributed by atoms with Crippen LogP contribution in [-0.2, 0) is 28.4 Å². The molecule has 0 saturated heterocycles. The molecule has 4 rings (SSSR count). The highest BCUT2D eigenvalue weighted by molar-refractivity contribution is 7.98. The van der Waals surface area contributed by atoms with Crippen molar-refractivity contribution >= 4 is 32.4 Å². The van der Waals surface area contributed by atoms with Gasteiger partial charge in [-0.2, -0.15) is 13.2 Å². The van der Waals surface area contributed by atoms with E-state index in [-0.39, 0.29) is 51.4 Å². The number of halogens is 5. The van der Waals surface area contributed by atoms with Gasteiger partial charge in [0.1, 0.15) is 11.6 Å². The van der Waals surface area contributed by atoms with E-state index in [9.17, 15) is 13.2 Å². The van der Waals surface area contributed by atoms with Crippen LogP contribution in [0.2, 0.25) is 5.02 Å². The van der Waals surface area contributed by atoms with Gasteiger partial charge in [0.15, 0.2) is 9.03 Å². The lowest BCUT2D eigenvalue weighted by atomic mass is 9.87. The van der Waals surface area contributed by atoms with Gasteiger partial charge in [0.2, 0.25) is 0 Å². The number of thioether (sulfide) groups is 1. The summed E-state index contributed by atoms with van der Waals surface area (Å²) >= 11 is 7.80. The Morgan fingerprint density at radius 2 is 1.78 bits per heavy atom. The third-order valence-corrected chi connectivity index (χ3v) is 10.4. The lowest BCUT2D eigenvalue weighted by molar-refractivity contribution is -0.137. The summed E-state index contributed by atoms with van der Waals surface area (Å²) in [6.07, 6.45) is 6.31.